The van der Waals surface area contributed by atoms with E-state index in [-0.39, 0.29) is 0 Å². The highest BCUT2D eigenvalue weighted by atomic mass is 14.7. The lowest BCUT2D eigenvalue weighted by atomic mass is 10.0. The van der Waals surface area contributed by atoms with Crippen LogP contribution in [0.4, 0.5) is 0 Å². The van der Waals surface area contributed by atoms with Crippen molar-refractivity contribution in [3.8, 4) is 0 Å². The normalized spacial score (nSPS) is 13.9. The second-order valence-electron chi connectivity index (χ2n) is 4.05. The van der Waals surface area contributed by atoms with Gasteiger partial charge >= 0.3 is 0 Å². The van der Waals surface area contributed by atoms with Crippen LogP contribution >= 0.6 is 0 Å². The number of aromatic nitrogens is 1. The lowest BCUT2D eigenvalue weighted by Crippen LogP contribution is -1.94. The largest absolute Gasteiger partial charge is 0.261 e. The summed E-state index contributed by atoms with van der Waals surface area (Å²) in [4.78, 5) is 4.46. The lowest BCUT2D eigenvalue weighted by Gasteiger charge is -2.04. The van der Waals surface area contributed by atoms with Crippen LogP contribution in [0, 0.1) is 0 Å². The molecule has 0 radical (unpaired) electrons. The van der Waals surface area contributed by atoms with Gasteiger partial charge in [0, 0.05) is 11.9 Å². The number of fused-ring (bicyclic) bond motifs is 2. The van der Waals surface area contributed by atoms with Crippen LogP contribution in [0.5, 0.6) is 0 Å². The summed E-state index contributed by atoms with van der Waals surface area (Å²) in [6, 6.07) is 13.0. The van der Waals surface area contributed by atoms with Gasteiger partial charge in [-0.05, 0) is 42.0 Å². The van der Waals surface area contributed by atoms with Crippen molar-refractivity contribution in [3.63, 3.8) is 0 Å². The summed E-state index contributed by atoms with van der Waals surface area (Å²) < 4.78 is 0. The van der Waals surface area contributed by atoms with E-state index in [2.05, 4.69) is 35.3 Å². The van der Waals surface area contributed by atoms with Crippen molar-refractivity contribution >= 4 is 0 Å². The molecule has 0 aliphatic heterocycles. The van der Waals surface area contributed by atoms with Gasteiger partial charge in [0.1, 0.15) is 0 Å². The Morgan fingerprint density at radius 3 is 2.53 bits per heavy atom. The van der Waals surface area contributed by atoms with Crippen molar-refractivity contribution in [1.29, 1.82) is 0 Å². The van der Waals surface area contributed by atoms with E-state index in [0.717, 1.165) is 19.3 Å². The fourth-order valence-corrected chi connectivity index (χ4v) is 2.29. The standard InChI is InChI=1S/C14H13N/c1-2-5-12-10-13-6-3-9-15-14(13)8-7-11(12)4-1/h1-6,9H,7-8,10H2. The quantitative estimate of drug-likeness (QED) is 0.630. The van der Waals surface area contributed by atoms with E-state index in [1.165, 1.54) is 22.4 Å². The third kappa shape index (κ3) is 1.54. The zero-order valence-corrected chi connectivity index (χ0v) is 8.61. The molecule has 2 aromatic rings. The minimum absolute atomic E-state index is 1.04. The molecule has 1 aliphatic rings. The molecule has 0 spiro atoms. The molecule has 0 fully saturated rings. The second-order valence-corrected chi connectivity index (χ2v) is 4.05. The summed E-state index contributed by atoms with van der Waals surface area (Å²) in [7, 11) is 0. The van der Waals surface area contributed by atoms with E-state index >= 15 is 0 Å². The first-order chi connectivity index (χ1) is 7.43. The summed E-state index contributed by atoms with van der Waals surface area (Å²) in [5.74, 6) is 0. The molecule has 15 heavy (non-hydrogen) atoms. The summed E-state index contributed by atoms with van der Waals surface area (Å²) in [5.41, 5.74) is 5.61. The molecule has 1 heteroatoms. The van der Waals surface area contributed by atoms with Gasteiger partial charge in [-0.3, -0.25) is 4.98 Å². The Labute approximate surface area is 89.8 Å². The predicted molar refractivity (Wildman–Crippen MR) is 60.9 cm³/mol. The zero-order valence-electron chi connectivity index (χ0n) is 8.61. The van der Waals surface area contributed by atoms with Crippen LogP contribution < -0.4 is 0 Å². The maximum Gasteiger partial charge on any atom is 0.0442 e. The molecule has 3 rings (SSSR count). The van der Waals surface area contributed by atoms with E-state index in [0.29, 0.717) is 0 Å². The van der Waals surface area contributed by atoms with Crippen molar-refractivity contribution in [1.82, 2.24) is 4.98 Å². The Morgan fingerprint density at radius 2 is 1.60 bits per heavy atom. The van der Waals surface area contributed by atoms with Crippen molar-refractivity contribution in [2.75, 3.05) is 0 Å². The van der Waals surface area contributed by atoms with Crippen molar-refractivity contribution in [2.45, 2.75) is 19.3 Å². The van der Waals surface area contributed by atoms with Gasteiger partial charge in [-0.25, -0.2) is 0 Å². The first-order valence-corrected chi connectivity index (χ1v) is 5.43. The van der Waals surface area contributed by atoms with Crippen LogP contribution in [0.2, 0.25) is 0 Å². The zero-order chi connectivity index (χ0) is 10.1. The van der Waals surface area contributed by atoms with Gasteiger partial charge in [-0.1, -0.05) is 30.3 Å². The molecule has 0 atom stereocenters. The molecule has 0 amide bonds. The van der Waals surface area contributed by atoms with Crippen molar-refractivity contribution < 1.29 is 0 Å². The van der Waals surface area contributed by atoms with Crippen LogP contribution in [0.15, 0.2) is 42.6 Å². The minimum Gasteiger partial charge on any atom is -0.261 e. The van der Waals surface area contributed by atoms with Crippen molar-refractivity contribution in [2.24, 2.45) is 0 Å². The smallest absolute Gasteiger partial charge is 0.0442 e. The van der Waals surface area contributed by atoms with Gasteiger partial charge in [0.15, 0.2) is 0 Å². The number of pyridine rings is 1. The number of nitrogens with zero attached hydrogens (tertiary/aromatic N) is 1. The summed E-state index contributed by atoms with van der Waals surface area (Å²) in [6.07, 6.45) is 5.14. The molecule has 1 aliphatic carbocycles. The highest BCUT2D eigenvalue weighted by molar-refractivity contribution is 5.37. The predicted octanol–water partition coefficient (Wildman–Crippen LogP) is 2.77. The molecule has 0 N–H and O–H groups in total. The average Bonchev–Trinajstić information content (AvgIpc) is 2.48. The molecular formula is C14H13N. The Morgan fingerprint density at radius 1 is 0.800 bits per heavy atom. The molecule has 1 aromatic carbocycles. The maximum atomic E-state index is 4.46. The highest BCUT2D eigenvalue weighted by Gasteiger charge is 2.12. The molecule has 1 aromatic heterocycles. The average molecular weight is 195 g/mol. The van der Waals surface area contributed by atoms with Crippen LogP contribution in [-0.4, -0.2) is 4.98 Å². The molecule has 1 heterocycles. The fourth-order valence-electron chi connectivity index (χ4n) is 2.29. The van der Waals surface area contributed by atoms with E-state index in [9.17, 15) is 0 Å². The number of aryl methyl sites for hydroxylation is 2. The number of hydrogen-bond donors (Lipinski definition) is 0. The molecule has 0 saturated carbocycles. The molecule has 0 unspecified atom stereocenters. The molecular weight excluding hydrogens is 182 g/mol. The van der Waals surface area contributed by atoms with E-state index in [1.54, 1.807) is 0 Å². The van der Waals surface area contributed by atoms with Gasteiger partial charge in [-0.15, -0.1) is 0 Å². The third-order valence-electron chi connectivity index (χ3n) is 3.11. The SMILES string of the molecule is c1ccc2c(c1)CCc1ncccc1C2. The molecule has 1 nitrogen and oxygen atoms in total. The second kappa shape index (κ2) is 3.50. The molecule has 0 bridgehead atoms. The number of benzene rings is 1. The van der Waals surface area contributed by atoms with Gasteiger partial charge in [0.25, 0.3) is 0 Å². The van der Waals surface area contributed by atoms with E-state index < -0.39 is 0 Å². The number of hydrogen-bond acceptors (Lipinski definition) is 1. The molecule has 74 valence electrons. The Bertz CT molecular complexity index is 443. The first-order valence-electron chi connectivity index (χ1n) is 5.43. The monoisotopic (exact) mass is 195 g/mol. The van der Waals surface area contributed by atoms with Gasteiger partial charge in [0.05, 0.1) is 0 Å². The van der Waals surface area contributed by atoms with Crippen LogP contribution in [-0.2, 0) is 19.3 Å². The summed E-state index contributed by atoms with van der Waals surface area (Å²) >= 11 is 0. The highest BCUT2D eigenvalue weighted by Crippen LogP contribution is 2.22. The van der Waals surface area contributed by atoms with Gasteiger partial charge in [-0.2, -0.15) is 0 Å². The lowest BCUT2D eigenvalue weighted by molar-refractivity contribution is 0.916. The summed E-state index contributed by atoms with van der Waals surface area (Å²) in [5, 5.41) is 0. The maximum absolute atomic E-state index is 4.46. The van der Waals surface area contributed by atoms with Crippen molar-refractivity contribution in [3.05, 3.63) is 65.0 Å². The van der Waals surface area contributed by atoms with Crippen LogP contribution in [0.1, 0.15) is 22.4 Å². The minimum atomic E-state index is 1.04. The number of rotatable bonds is 0. The first kappa shape index (κ1) is 8.66. The van der Waals surface area contributed by atoms with Crippen LogP contribution in [0.25, 0.3) is 0 Å². The van der Waals surface area contributed by atoms with E-state index in [1.807, 2.05) is 12.3 Å². The fraction of sp³-hybridized carbons (Fsp3) is 0.214. The third-order valence-corrected chi connectivity index (χ3v) is 3.11. The Kier molecular flexibility index (Phi) is 2.02. The Hall–Kier alpha value is -1.63. The summed E-state index contributed by atoms with van der Waals surface area (Å²) in [6.45, 7) is 0. The van der Waals surface area contributed by atoms with Gasteiger partial charge < -0.3 is 0 Å². The van der Waals surface area contributed by atoms with Crippen LogP contribution in [0.3, 0.4) is 0 Å². The molecule has 0 saturated heterocycles. The van der Waals surface area contributed by atoms with E-state index in [4.69, 9.17) is 0 Å². The Balaban J connectivity index is 2.10. The van der Waals surface area contributed by atoms with Gasteiger partial charge in [0.2, 0.25) is 0 Å². The topological polar surface area (TPSA) is 12.9 Å².